The summed E-state index contributed by atoms with van der Waals surface area (Å²) in [5.41, 5.74) is -7.51. The normalized spacial score (nSPS) is 18.3. The van der Waals surface area contributed by atoms with Gasteiger partial charge < -0.3 is 0 Å². The average molecular weight is 514 g/mol. The molecule has 0 saturated carbocycles. The Bertz CT molecular complexity index is 560. The molecule has 0 radical (unpaired) electrons. The summed E-state index contributed by atoms with van der Waals surface area (Å²) in [5, 5.41) is -3.05. The molecule has 0 nitrogen and oxygen atoms in total. The first kappa shape index (κ1) is 26.4. The third-order valence-electron chi connectivity index (χ3n) is 2.75. The van der Waals surface area contributed by atoms with Crippen LogP contribution in [0.2, 0.25) is 0 Å². The highest BCUT2D eigenvalue weighted by Crippen LogP contribution is 2.65. The van der Waals surface area contributed by atoms with Crippen LogP contribution in [-0.2, 0) is 0 Å². The van der Waals surface area contributed by atoms with Crippen molar-refractivity contribution < 1.29 is 52.7 Å². The molecule has 0 aromatic rings. The largest absolute Gasteiger partial charge is 0.434 e. The Morgan fingerprint density at radius 3 is 1.31 bits per heavy atom. The molecule has 0 amide bonds. The highest BCUT2D eigenvalue weighted by atomic mass is 35.5. The maximum absolute atomic E-state index is 14.1. The van der Waals surface area contributed by atoms with Crippen LogP contribution in [0.25, 0.3) is 0 Å². The second-order valence-corrected chi connectivity index (χ2v) is 7.37. The van der Waals surface area contributed by atoms with Gasteiger partial charge >= 0.3 is 23.7 Å². The maximum atomic E-state index is 14.1. The Kier molecular flexibility index (Phi) is 7.41. The van der Waals surface area contributed by atoms with Crippen molar-refractivity contribution in [3.63, 3.8) is 0 Å². The van der Waals surface area contributed by atoms with Crippen molar-refractivity contribution in [3.8, 4) is 0 Å². The number of allylic oxidation sites excluding steroid dienone is 1. The molecule has 0 spiro atoms. The lowest BCUT2D eigenvalue weighted by molar-refractivity contribution is -0.376. The molecule has 0 aliphatic carbocycles. The van der Waals surface area contributed by atoms with Crippen LogP contribution in [0.15, 0.2) is 11.1 Å². The molecule has 0 rings (SSSR count). The summed E-state index contributed by atoms with van der Waals surface area (Å²) in [5.74, 6) is -14.2. The van der Waals surface area contributed by atoms with Crippen LogP contribution >= 0.6 is 58.0 Å². The Hall–Kier alpha value is 0.350. The lowest BCUT2D eigenvalue weighted by Crippen LogP contribution is -2.74. The Balaban J connectivity index is 6.92. The molecule has 0 aromatic heterocycles. The molecular formula is C9HCl5F12. The quantitative estimate of drug-likeness (QED) is 0.255. The molecule has 0 aliphatic rings. The molecular weight excluding hydrogens is 513 g/mol. The summed E-state index contributed by atoms with van der Waals surface area (Å²) in [6, 6.07) is 0. The lowest BCUT2D eigenvalue weighted by atomic mass is 9.84. The molecule has 2 unspecified atom stereocenters. The van der Waals surface area contributed by atoms with Gasteiger partial charge in [0.25, 0.3) is 10.7 Å². The first-order valence-electron chi connectivity index (χ1n) is 5.32. The summed E-state index contributed by atoms with van der Waals surface area (Å²) in [4.78, 5) is 0. The Morgan fingerprint density at radius 1 is 0.731 bits per heavy atom. The fraction of sp³-hybridized carbons (Fsp3) is 0.778. The number of hydrogen-bond donors (Lipinski definition) is 0. The van der Waals surface area contributed by atoms with Gasteiger partial charge in [-0.1, -0.05) is 58.0 Å². The van der Waals surface area contributed by atoms with Gasteiger partial charge in [-0.25, -0.2) is 13.2 Å². The minimum absolute atomic E-state index is 3.05. The van der Waals surface area contributed by atoms with E-state index in [1.807, 2.05) is 0 Å². The van der Waals surface area contributed by atoms with E-state index in [9.17, 15) is 52.7 Å². The van der Waals surface area contributed by atoms with Gasteiger partial charge in [0.1, 0.15) is 5.03 Å². The topological polar surface area (TPSA) is 0 Å². The van der Waals surface area contributed by atoms with E-state index in [-0.39, 0.29) is 0 Å². The van der Waals surface area contributed by atoms with Crippen LogP contribution in [0.4, 0.5) is 52.7 Å². The molecule has 156 valence electrons. The SMILES string of the molecule is FC(F)=C(Cl)C(F)C(F)(F)C(F)(C(F)(F)F)C(F)(F)C(Cl)(Cl)C(F)(Cl)Cl. The van der Waals surface area contributed by atoms with Gasteiger partial charge in [0.05, 0.1) is 0 Å². The molecule has 0 N–H and O–H groups in total. The van der Waals surface area contributed by atoms with E-state index in [4.69, 9.17) is 0 Å². The molecule has 2 atom stereocenters. The van der Waals surface area contributed by atoms with Crippen LogP contribution < -0.4 is 0 Å². The van der Waals surface area contributed by atoms with Crippen molar-refractivity contribution >= 4 is 58.0 Å². The second kappa shape index (κ2) is 7.31. The van der Waals surface area contributed by atoms with Gasteiger partial charge in [-0.2, -0.15) is 39.5 Å². The van der Waals surface area contributed by atoms with Gasteiger partial charge in [-0.05, 0) is 0 Å². The molecule has 0 saturated heterocycles. The third kappa shape index (κ3) is 3.77. The van der Waals surface area contributed by atoms with E-state index in [1.54, 1.807) is 0 Å². The van der Waals surface area contributed by atoms with Gasteiger partial charge in [0, 0.05) is 0 Å². The molecule has 0 fully saturated rings. The highest BCUT2D eigenvalue weighted by Gasteiger charge is 2.91. The third-order valence-corrected chi connectivity index (χ3v) is 5.04. The number of halogens is 17. The zero-order valence-electron chi connectivity index (χ0n) is 11.0. The van der Waals surface area contributed by atoms with Gasteiger partial charge in [-0.3, -0.25) is 0 Å². The van der Waals surface area contributed by atoms with E-state index in [0.29, 0.717) is 0 Å². The van der Waals surface area contributed by atoms with Gasteiger partial charge in [0.15, 0.2) is 0 Å². The summed E-state index contributed by atoms with van der Waals surface area (Å²) in [7, 11) is 0. The van der Waals surface area contributed by atoms with Crippen molar-refractivity contribution in [2.24, 2.45) is 0 Å². The lowest BCUT2D eigenvalue weighted by Gasteiger charge is -2.45. The maximum Gasteiger partial charge on any atom is 0.434 e. The standard InChI is InChI=1S/C9HCl5F12/c10-1(3(16)17)2(15)4(18,19)5(20,9(24,25)26)7(21,22)6(11,12)8(13,14)23/h2H. The van der Waals surface area contributed by atoms with E-state index >= 15 is 0 Å². The molecule has 0 heterocycles. The van der Waals surface area contributed by atoms with Crippen molar-refractivity contribution in [1.29, 1.82) is 0 Å². The van der Waals surface area contributed by atoms with E-state index in [0.717, 1.165) is 0 Å². The summed E-state index contributed by atoms with van der Waals surface area (Å²) < 4.78 is 148. The highest BCUT2D eigenvalue weighted by molar-refractivity contribution is 6.62. The predicted octanol–water partition coefficient (Wildman–Crippen LogP) is 7.49. The van der Waals surface area contributed by atoms with Gasteiger partial charge in [0.2, 0.25) is 10.5 Å². The van der Waals surface area contributed by atoms with E-state index in [2.05, 4.69) is 58.0 Å². The van der Waals surface area contributed by atoms with Gasteiger partial charge in [-0.15, -0.1) is 0 Å². The molecule has 0 aliphatic heterocycles. The Morgan fingerprint density at radius 2 is 1.08 bits per heavy atom. The average Bonchev–Trinajstić information content (AvgIpc) is 2.41. The monoisotopic (exact) mass is 512 g/mol. The smallest absolute Gasteiger partial charge is 0.234 e. The number of rotatable bonds is 6. The summed E-state index contributed by atoms with van der Waals surface area (Å²) >= 11 is 21.8. The molecule has 0 aromatic carbocycles. The minimum Gasteiger partial charge on any atom is -0.234 e. The van der Waals surface area contributed by atoms with Crippen molar-refractivity contribution in [2.45, 2.75) is 38.8 Å². The summed E-state index contributed by atoms with van der Waals surface area (Å²) in [6.45, 7) is 0. The molecule has 0 bridgehead atoms. The fourth-order valence-electron chi connectivity index (χ4n) is 1.40. The van der Waals surface area contributed by atoms with Crippen molar-refractivity contribution in [1.82, 2.24) is 0 Å². The molecule has 26 heavy (non-hydrogen) atoms. The van der Waals surface area contributed by atoms with Crippen molar-refractivity contribution in [3.05, 3.63) is 11.1 Å². The first-order chi connectivity index (χ1) is 11.0. The second-order valence-electron chi connectivity index (χ2n) is 4.40. The Labute approximate surface area is 160 Å². The minimum atomic E-state index is -7.51. The van der Waals surface area contributed by atoms with Crippen LogP contribution in [0.3, 0.4) is 0 Å². The van der Waals surface area contributed by atoms with Crippen LogP contribution in [-0.4, -0.2) is 38.8 Å². The van der Waals surface area contributed by atoms with Crippen LogP contribution in [0, 0.1) is 0 Å². The fourth-order valence-corrected chi connectivity index (χ4v) is 2.03. The zero-order chi connectivity index (χ0) is 21.7. The van der Waals surface area contributed by atoms with E-state index in [1.165, 1.54) is 0 Å². The zero-order valence-corrected chi connectivity index (χ0v) is 14.8. The number of alkyl halides is 14. The van der Waals surface area contributed by atoms with Crippen LogP contribution in [0.5, 0.6) is 0 Å². The van der Waals surface area contributed by atoms with Crippen molar-refractivity contribution in [2.75, 3.05) is 0 Å². The predicted molar refractivity (Wildman–Crippen MR) is 69.8 cm³/mol. The van der Waals surface area contributed by atoms with Crippen LogP contribution in [0.1, 0.15) is 0 Å². The molecule has 17 heteroatoms. The first-order valence-corrected chi connectivity index (χ1v) is 7.21. The number of hydrogen-bond acceptors (Lipinski definition) is 0. The summed E-state index contributed by atoms with van der Waals surface area (Å²) in [6.07, 6.45) is -16.3. The van der Waals surface area contributed by atoms with E-state index < -0.39 is 49.9 Å².